The molecule has 0 aliphatic heterocycles. The van der Waals surface area contributed by atoms with Gasteiger partial charge in [0.15, 0.2) is 9.84 Å². The molecule has 0 aliphatic rings. The molecule has 0 heterocycles. The molecule has 0 aliphatic carbocycles. The summed E-state index contributed by atoms with van der Waals surface area (Å²) in [6, 6.07) is 6.49. The quantitative estimate of drug-likeness (QED) is 0.808. The van der Waals surface area contributed by atoms with Crippen LogP contribution < -0.4 is 5.73 Å². The summed E-state index contributed by atoms with van der Waals surface area (Å²) in [4.78, 5) is 0.212. The molecular formula is C10H14ClNO2S. The third-order valence-electron chi connectivity index (χ3n) is 2.04. The van der Waals surface area contributed by atoms with Crippen LogP contribution in [0.5, 0.6) is 0 Å². The highest BCUT2D eigenvalue weighted by Gasteiger charge is 2.16. The smallest absolute Gasteiger partial charge is 0.179 e. The van der Waals surface area contributed by atoms with E-state index in [-0.39, 0.29) is 15.7 Å². The van der Waals surface area contributed by atoms with Crippen molar-refractivity contribution in [1.29, 1.82) is 0 Å². The van der Waals surface area contributed by atoms with E-state index in [1.54, 1.807) is 18.2 Å². The van der Waals surface area contributed by atoms with Crippen molar-refractivity contribution in [3.05, 3.63) is 29.3 Å². The molecule has 0 aromatic heterocycles. The number of unbranched alkanes of at least 4 members (excludes halogenated alkanes) is 1. The molecule has 0 unspecified atom stereocenters. The van der Waals surface area contributed by atoms with Gasteiger partial charge in [0.2, 0.25) is 0 Å². The van der Waals surface area contributed by atoms with Crippen LogP contribution in [0.25, 0.3) is 0 Å². The molecule has 0 atom stereocenters. The van der Waals surface area contributed by atoms with Gasteiger partial charge in [-0.25, -0.2) is 8.42 Å². The van der Waals surface area contributed by atoms with E-state index in [2.05, 4.69) is 0 Å². The van der Waals surface area contributed by atoms with Crippen molar-refractivity contribution in [3.63, 3.8) is 0 Å². The van der Waals surface area contributed by atoms with Gasteiger partial charge in [-0.1, -0.05) is 23.7 Å². The Bertz CT molecular complexity index is 417. The SMILES string of the molecule is NCCCCS(=O)(=O)c1ccccc1Cl. The molecule has 0 bridgehead atoms. The van der Waals surface area contributed by atoms with Gasteiger partial charge in [0.25, 0.3) is 0 Å². The fourth-order valence-electron chi connectivity index (χ4n) is 1.24. The standard InChI is InChI=1S/C10H14ClNO2S/c11-9-5-1-2-6-10(9)15(13,14)8-4-3-7-12/h1-2,5-6H,3-4,7-8,12H2. The maximum absolute atomic E-state index is 11.8. The highest BCUT2D eigenvalue weighted by Crippen LogP contribution is 2.22. The molecule has 1 aromatic carbocycles. The van der Waals surface area contributed by atoms with Crippen molar-refractivity contribution in [2.24, 2.45) is 5.73 Å². The molecule has 5 heteroatoms. The van der Waals surface area contributed by atoms with Crippen molar-refractivity contribution >= 4 is 21.4 Å². The molecule has 0 saturated heterocycles. The number of nitrogens with two attached hydrogens (primary N) is 1. The molecule has 0 radical (unpaired) electrons. The summed E-state index contributed by atoms with van der Waals surface area (Å²) in [5.41, 5.74) is 5.31. The van der Waals surface area contributed by atoms with E-state index in [9.17, 15) is 8.42 Å². The second-order valence-corrected chi connectivity index (χ2v) is 5.73. The summed E-state index contributed by atoms with van der Waals surface area (Å²) in [5.74, 6) is 0.105. The Morgan fingerprint density at radius 2 is 1.87 bits per heavy atom. The Kier molecular flexibility index (Phi) is 4.57. The first kappa shape index (κ1) is 12.5. The average molecular weight is 248 g/mol. The summed E-state index contributed by atoms with van der Waals surface area (Å²) in [6.45, 7) is 0.512. The van der Waals surface area contributed by atoms with Crippen molar-refractivity contribution in [1.82, 2.24) is 0 Å². The second kappa shape index (κ2) is 5.49. The van der Waals surface area contributed by atoms with E-state index < -0.39 is 9.84 Å². The minimum atomic E-state index is -3.25. The van der Waals surface area contributed by atoms with Gasteiger partial charge < -0.3 is 5.73 Å². The Morgan fingerprint density at radius 1 is 1.20 bits per heavy atom. The van der Waals surface area contributed by atoms with Gasteiger partial charge in [-0.05, 0) is 31.5 Å². The molecule has 2 N–H and O–H groups in total. The normalized spacial score (nSPS) is 11.6. The molecule has 1 aromatic rings. The largest absolute Gasteiger partial charge is 0.330 e. The van der Waals surface area contributed by atoms with Crippen LogP contribution in [0.1, 0.15) is 12.8 Å². The van der Waals surface area contributed by atoms with Gasteiger partial charge in [-0.2, -0.15) is 0 Å². The molecule has 3 nitrogen and oxygen atoms in total. The summed E-state index contributed by atoms with van der Waals surface area (Å²) in [7, 11) is -3.25. The number of hydrogen-bond donors (Lipinski definition) is 1. The fourth-order valence-corrected chi connectivity index (χ4v) is 3.19. The predicted octanol–water partition coefficient (Wildman–Crippen LogP) is 1.85. The monoisotopic (exact) mass is 247 g/mol. The number of halogens is 1. The van der Waals surface area contributed by atoms with Gasteiger partial charge in [-0.3, -0.25) is 0 Å². The van der Waals surface area contributed by atoms with Crippen LogP contribution in [0.4, 0.5) is 0 Å². The highest BCUT2D eigenvalue weighted by atomic mass is 35.5. The zero-order valence-corrected chi connectivity index (χ0v) is 9.89. The van der Waals surface area contributed by atoms with Gasteiger partial charge in [0.1, 0.15) is 0 Å². The Morgan fingerprint density at radius 3 is 2.47 bits per heavy atom. The van der Waals surface area contributed by atoms with Crippen molar-refractivity contribution in [2.75, 3.05) is 12.3 Å². The topological polar surface area (TPSA) is 60.2 Å². The molecule has 15 heavy (non-hydrogen) atoms. The first-order valence-corrected chi connectivity index (χ1v) is 6.78. The minimum Gasteiger partial charge on any atom is -0.330 e. The van der Waals surface area contributed by atoms with E-state index in [1.165, 1.54) is 6.07 Å². The Labute approximate surface area is 95.2 Å². The number of rotatable bonds is 5. The lowest BCUT2D eigenvalue weighted by atomic mass is 10.3. The summed E-state index contributed by atoms with van der Waals surface area (Å²) < 4.78 is 23.6. The third kappa shape index (κ3) is 3.48. The molecule has 0 fully saturated rings. The van der Waals surface area contributed by atoms with Crippen LogP contribution in [0.2, 0.25) is 5.02 Å². The first-order chi connectivity index (χ1) is 7.08. The van der Waals surface area contributed by atoms with Crippen LogP contribution in [0.15, 0.2) is 29.2 Å². The average Bonchev–Trinajstić information content (AvgIpc) is 2.18. The maximum Gasteiger partial charge on any atom is 0.179 e. The van der Waals surface area contributed by atoms with E-state index in [1.807, 2.05) is 0 Å². The lowest BCUT2D eigenvalue weighted by molar-refractivity contribution is 0.592. The highest BCUT2D eigenvalue weighted by molar-refractivity contribution is 7.91. The molecule has 0 saturated carbocycles. The zero-order chi connectivity index (χ0) is 11.3. The number of benzene rings is 1. The molecule has 84 valence electrons. The van der Waals surface area contributed by atoms with Crippen molar-refractivity contribution in [3.8, 4) is 0 Å². The predicted molar refractivity (Wildman–Crippen MR) is 61.8 cm³/mol. The summed E-state index contributed by atoms with van der Waals surface area (Å²) in [5, 5.41) is 0.283. The lowest BCUT2D eigenvalue weighted by Crippen LogP contribution is -2.09. The van der Waals surface area contributed by atoms with Crippen LogP contribution >= 0.6 is 11.6 Å². The van der Waals surface area contributed by atoms with Gasteiger partial charge in [0, 0.05) is 0 Å². The van der Waals surface area contributed by atoms with Crippen molar-refractivity contribution in [2.45, 2.75) is 17.7 Å². The van der Waals surface area contributed by atoms with E-state index in [0.29, 0.717) is 19.4 Å². The van der Waals surface area contributed by atoms with Gasteiger partial charge in [0.05, 0.1) is 15.7 Å². The summed E-state index contributed by atoms with van der Waals surface area (Å²) >= 11 is 5.82. The van der Waals surface area contributed by atoms with Crippen LogP contribution in [0.3, 0.4) is 0 Å². The lowest BCUT2D eigenvalue weighted by Gasteiger charge is -2.05. The first-order valence-electron chi connectivity index (χ1n) is 4.75. The van der Waals surface area contributed by atoms with Crippen LogP contribution in [-0.4, -0.2) is 20.7 Å². The van der Waals surface area contributed by atoms with Gasteiger partial charge >= 0.3 is 0 Å². The van der Waals surface area contributed by atoms with E-state index >= 15 is 0 Å². The van der Waals surface area contributed by atoms with Gasteiger partial charge in [-0.15, -0.1) is 0 Å². The molecule has 1 rings (SSSR count). The van der Waals surface area contributed by atoms with Crippen LogP contribution in [-0.2, 0) is 9.84 Å². The minimum absolute atomic E-state index is 0.105. The molecular weight excluding hydrogens is 234 g/mol. The second-order valence-electron chi connectivity index (χ2n) is 3.25. The fraction of sp³-hybridized carbons (Fsp3) is 0.400. The van der Waals surface area contributed by atoms with E-state index in [4.69, 9.17) is 17.3 Å². The number of sulfone groups is 1. The third-order valence-corrected chi connectivity index (χ3v) is 4.33. The summed E-state index contributed by atoms with van der Waals surface area (Å²) in [6.07, 6.45) is 1.29. The molecule has 0 amide bonds. The van der Waals surface area contributed by atoms with Crippen molar-refractivity contribution < 1.29 is 8.42 Å². The van der Waals surface area contributed by atoms with E-state index in [0.717, 1.165) is 0 Å². The Balaban J connectivity index is 2.83. The van der Waals surface area contributed by atoms with Crippen LogP contribution in [0, 0.1) is 0 Å². The number of hydrogen-bond acceptors (Lipinski definition) is 3. The zero-order valence-electron chi connectivity index (χ0n) is 8.32. The Hall–Kier alpha value is -0.580. The molecule has 0 spiro atoms. The maximum atomic E-state index is 11.8.